The van der Waals surface area contributed by atoms with E-state index in [0.717, 1.165) is 22.0 Å². The van der Waals surface area contributed by atoms with Crippen LogP contribution < -0.4 is 10.6 Å². The Labute approximate surface area is 197 Å². The lowest BCUT2D eigenvalue weighted by atomic mass is 9.78. The molecule has 7 heteroatoms. The molecule has 1 aliphatic heterocycles. The van der Waals surface area contributed by atoms with Crippen molar-refractivity contribution in [3.8, 4) is 0 Å². The molecule has 0 spiro atoms. The van der Waals surface area contributed by atoms with Crippen molar-refractivity contribution in [3.63, 3.8) is 0 Å². The summed E-state index contributed by atoms with van der Waals surface area (Å²) in [6.45, 7) is 1.11. The third-order valence-corrected chi connectivity index (χ3v) is 6.49. The van der Waals surface area contributed by atoms with Gasteiger partial charge in [-0.05, 0) is 29.7 Å². The first-order valence-corrected chi connectivity index (χ1v) is 11.4. The van der Waals surface area contributed by atoms with Crippen molar-refractivity contribution in [2.45, 2.75) is 17.9 Å². The van der Waals surface area contributed by atoms with E-state index in [4.69, 9.17) is 4.74 Å². The van der Waals surface area contributed by atoms with Crippen LogP contribution in [-0.2, 0) is 14.9 Å². The second kappa shape index (κ2) is 9.49. The predicted octanol–water partition coefficient (Wildman–Crippen LogP) is 3.51. The third-order valence-electron chi connectivity index (χ3n) is 6.49. The van der Waals surface area contributed by atoms with Gasteiger partial charge in [0.1, 0.15) is 0 Å². The topological polar surface area (TPSA) is 96.1 Å². The fourth-order valence-electron chi connectivity index (χ4n) is 4.55. The van der Waals surface area contributed by atoms with Crippen LogP contribution >= 0.6 is 0 Å². The second-order valence-electron chi connectivity index (χ2n) is 8.53. The maximum absolute atomic E-state index is 13.7. The lowest BCUT2D eigenvalue weighted by Gasteiger charge is -2.30. The van der Waals surface area contributed by atoms with E-state index in [9.17, 15) is 9.59 Å². The minimum atomic E-state index is -0.749. The molecule has 3 aromatic carbocycles. The van der Waals surface area contributed by atoms with Crippen LogP contribution in [0.5, 0.6) is 0 Å². The minimum absolute atomic E-state index is 0.101. The predicted molar refractivity (Wildman–Crippen MR) is 129 cm³/mol. The van der Waals surface area contributed by atoms with Crippen molar-refractivity contribution in [1.82, 2.24) is 20.8 Å². The van der Waals surface area contributed by atoms with Crippen molar-refractivity contribution in [2.24, 2.45) is 0 Å². The van der Waals surface area contributed by atoms with Gasteiger partial charge in [0.15, 0.2) is 0 Å². The lowest BCUT2D eigenvalue weighted by molar-refractivity contribution is -0.127. The SMILES string of the molecule is O=C(NCC(NC(=O)C1(c2ccccc2)CCOC1)c1ccccc1)c1cccc2[nH]ncc12. The molecule has 1 saturated heterocycles. The van der Waals surface area contributed by atoms with Crippen molar-refractivity contribution >= 4 is 22.7 Å². The number of amides is 2. The zero-order valence-corrected chi connectivity index (χ0v) is 18.7. The molecular weight excluding hydrogens is 428 g/mol. The highest BCUT2D eigenvalue weighted by molar-refractivity contribution is 6.06. The Hall–Kier alpha value is -3.97. The van der Waals surface area contributed by atoms with E-state index in [2.05, 4.69) is 20.8 Å². The number of rotatable bonds is 7. The van der Waals surface area contributed by atoms with Crippen molar-refractivity contribution in [2.75, 3.05) is 19.8 Å². The summed E-state index contributed by atoms with van der Waals surface area (Å²) in [6, 6.07) is 24.5. The summed E-state index contributed by atoms with van der Waals surface area (Å²) in [7, 11) is 0. The van der Waals surface area contributed by atoms with Gasteiger partial charge in [0, 0.05) is 18.5 Å². The van der Waals surface area contributed by atoms with Crippen molar-refractivity contribution in [3.05, 3.63) is 102 Å². The van der Waals surface area contributed by atoms with Crippen LogP contribution in [0, 0.1) is 0 Å². The number of carbonyl (C=O) groups excluding carboxylic acids is 2. The van der Waals surface area contributed by atoms with E-state index in [1.165, 1.54) is 0 Å². The molecule has 3 N–H and O–H groups in total. The number of aromatic nitrogens is 2. The number of carbonyl (C=O) groups is 2. The van der Waals surface area contributed by atoms with E-state index in [0.29, 0.717) is 25.2 Å². The first kappa shape index (κ1) is 21.9. The van der Waals surface area contributed by atoms with Gasteiger partial charge in [0.25, 0.3) is 5.91 Å². The molecule has 0 radical (unpaired) electrons. The molecule has 0 saturated carbocycles. The number of aromatic amines is 1. The van der Waals surface area contributed by atoms with Crippen LogP contribution in [-0.4, -0.2) is 41.8 Å². The summed E-state index contributed by atoms with van der Waals surface area (Å²) in [4.78, 5) is 26.7. The van der Waals surface area contributed by atoms with E-state index in [1.54, 1.807) is 12.3 Å². The second-order valence-corrected chi connectivity index (χ2v) is 8.53. The summed E-state index contributed by atoms with van der Waals surface area (Å²) < 4.78 is 5.67. The molecule has 34 heavy (non-hydrogen) atoms. The molecule has 2 heterocycles. The quantitative estimate of drug-likeness (QED) is 0.398. The third kappa shape index (κ3) is 4.18. The number of nitrogens with one attached hydrogen (secondary N) is 3. The molecule has 5 rings (SSSR count). The van der Waals surface area contributed by atoms with Crippen LogP contribution in [0.3, 0.4) is 0 Å². The average molecular weight is 455 g/mol. The van der Waals surface area contributed by atoms with Gasteiger partial charge in [-0.2, -0.15) is 5.10 Å². The Bertz CT molecular complexity index is 1280. The Morgan fingerprint density at radius 3 is 2.50 bits per heavy atom. The lowest BCUT2D eigenvalue weighted by Crippen LogP contribution is -2.48. The number of hydrogen-bond donors (Lipinski definition) is 3. The van der Waals surface area contributed by atoms with Crippen LogP contribution in [0.4, 0.5) is 0 Å². The molecule has 0 aliphatic carbocycles. The van der Waals surface area contributed by atoms with Gasteiger partial charge in [-0.25, -0.2) is 0 Å². The first-order chi connectivity index (χ1) is 16.7. The molecule has 1 fully saturated rings. The highest BCUT2D eigenvalue weighted by Gasteiger charge is 2.44. The number of fused-ring (bicyclic) bond motifs is 1. The Balaban J connectivity index is 1.38. The van der Waals surface area contributed by atoms with Crippen molar-refractivity contribution < 1.29 is 14.3 Å². The molecule has 2 atom stereocenters. The van der Waals surface area contributed by atoms with Gasteiger partial charge in [0.05, 0.1) is 35.3 Å². The maximum atomic E-state index is 13.7. The molecule has 4 aromatic rings. The van der Waals surface area contributed by atoms with Crippen LogP contribution in [0.2, 0.25) is 0 Å². The molecular formula is C27H26N4O3. The first-order valence-electron chi connectivity index (χ1n) is 11.4. The van der Waals surface area contributed by atoms with Crippen molar-refractivity contribution in [1.29, 1.82) is 0 Å². The molecule has 0 bridgehead atoms. The average Bonchev–Trinajstić information content (AvgIpc) is 3.58. The Morgan fingerprint density at radius 2 is 1.76 bits per heavy atom. The number of nitrogens with zero attached hydrogens (tertiary/aromatic N) is 1. The standard InChI is InChI=1S/C27H26N4O3/c32-25(21-12-7-13-23-22(21)16-29-31-23)28-17-24(19-8-3-1-4-9-19)30-26(33)27(14-15-34-18-27)20-10-5-2-6-11-20/h1-13,16,24H,14-15,17-18H2,(H,28,32)(H,29,31)(H,30,33). The largest absolute Gasteiger partial charge is 0.380 e. The molecule has 1 aliphatic rings. The highest BCUT2D eigenvalue weighted by atomic mass is 16.5. The number of ether oxygens (including phenoxy) is 1. The summed E-state index contributed by atoms with van der Waals surface area (Å²) in [5.74, 6) is -0.319. The molecule has 172 valence electrons. The molecule has 2 amide bonds. The zero-order chi connectivity index (χ0) is 23.4. The molecule has 7 nitrogen and oxygen atoms in total. The summed E-state index contributed by atoms with van der Waals surface area (Å²) in [5.41, 5.74) is 2.44. The highest BCUT2D eigenvalue weighted by Crippen LogP contribution is 2.34. The normalized spacial score (nSPS) is 18.5. The van der Waals surface area contributed by atoms with Crippen LogP contribution in [0.25, 0.3) is 10.9 Å². The Morgan fingerprint density at radius 1 is 1.00 bits per heavy atom. The summed E-state index contributed by atoms with van der Waals surface area (Å²) >= 11 is 0. The van der Waals surface area contributed by atoms with E-state index in [-0.39, 0.29) is 18.4 Å². The minimum Gasteiger partial charge on any atom is -0.380 e. The summed E-state index contributed by atoms with van der Waals surface area (Å²) in [6.07, 6.45) is 2.25. The van der Waals surface area contributed by atoms with Gasteiger partial charge in [-0.1, -0.05) is 66.7 Å². The van der Waals surface area contributed by atoms with Gasteiger partial charge < -0.3 is 15.4 Å². The number of H-pyrrole nitrogens is 1. The number of benzene rings is 3. The fraction of sp³-hybridized carbons (Fsp3) is 0.222. The van der Waals surface area contributed by atoms with E-state index >= 15 is 0 Å². The van der Waals surface area contributed by atoms with Gasteiger partial charge in [-0.3, -0.25) is 14.7 Å². The van der Waals surface area contributed by atoms with E-state index in [1.807, 2.05) is 72.8 Å². The van der Waals surface area contributed by atoms with E-state index < -0.39 is 11.5 Å². The Kier molecular flexibility index (Phi) is 6.10. The maximum Gasteiger partial charge on any atom is 0.252 e. The molecule has 1 aromatic heterocycles. The van der Waals surface area contributed by atoms with Crippen LogP contribution in [0.15, 0.2) is 85.1 Å². The van der Waals surface area contributed by atoms with Crippen LogP contribution in [0.1, 0.15) is 33.9 Å². The fourth-order valence-corrected chi connectivity index (χ4v) is 4.55. The number of hydrogen-bond acceptors (Lipinski definition) is 4. The van der Waals surface area contributed by atoms with Gasteiger partial charge >= 0.3 is 0 Å². The summed E-state index contributed by atoms with van der Waals surface area (Å²) in [5, 5.41) is 13.9. The monoisotopic (exact) mass is 454 g/mol. The van der Waals surface area contributed by atoms with Gasteiger partial charge in [-0.15, -0.1) is 0 Å². The zero-order valence-electron chi connectivity index (χ0n) is 18.7. The smallest absolute Gasteiger partial charge is 0.252 e. The van der Waals surface area contributed by atoms with Gasteiger partial charge in [0.2, 0.25) is 5.91 Å². The molecule has 2 unspecified atom stereocenters.